The molecule has 0 saturated heterocycles. The number of para-hydroxylation sites is 1. The number of aromatic nitrogens is 1. The first kappa shape index (κ1) is 14.1. The van der Waals surface area contributed by atoms with E-state index in [4.69, 9.17) is 4.74 Å². The molecular formula is C16H17NO3. The normalized spacial score (nSPS) is 12.7. The molecule has 0 aliphatic heterocycles. The van der Waals surface area contributed by atoms with E-state index < -0.39 is 12.1 Å². The average molecular weight is 271 g/mol. The van der Waals surface area contributed by atoms with Gasteiger partial charge < -0.3 is 9.72 Å². The van der Waals surface area contributed by atoms with Gasteiger partial charge in [0.05, 0.1) is 0 Å². The number of H-pyrrole nitrogens is 1. The van der Waals surface area contributed by atoms with E-state index in [0.717, 1.165) is 17.3 Å². The number of hydrogen-bond donors (Lipinski definition) is 1. The summed E-state index contributed by atoms with van der Waals surface area (Å²) < 4.78 is 5.10. The number of aromatic amines is 1. The fraction of sp³-hybridized carbons (Fsp3) is 0.250. The van der Waals surface area contributed by atoms with E-state index in [0.29, 0.717) is 5.56 Å². The molecule has 4 heteroatoms. The van der Waals surface area contributed by atoms with E-state index in [-0.39, 0.29) is 5.78 Å². The van der Waals surface area contributed by atoms with Crippen molar-refractivity contribution in [1.29, 1.82) is 0 Å². The average Bonchev–Trinajstić information content (AvgIpc) is 2.88. The van der Waals surface area contributed by atoms with Crippen molar-refractivity contribution in [3.63, 3.8) is 0 Å². The number of nitrogens with one attached hydrogen (secondary N) is 1. The first-order chi connectivity index (χ1) is 9.63. The minimum atomic E-state index is -0.803. The monoisotopic (exact) mass is 271 g/mol. The molecule has 2 rings (SSSR count). The number of ether oxygens (including phenoxy) is 1. The predicted molar refractivity (Wildman–Crippen MR) is 77.6 cm³/mol. The summed E-state index contributed by atoms with van der Waals surface area (Å²) in [4.78, 5) is 26.8. The summed E-state index contributed by atoms with van der Waals surface area (Å²) in [5.74, 6) is -0.701. The van der Waals surface area contributed by atoms with Gasteiger partial charge in [-0.2, -0.15) is 0 Å². The molecule has 4 nitrogen and oxygen atoms in total. The molecule has 1 aromatic carbocycles. The van der Waals surface area contributed by atoms with Gasteiger partial charge in [-0.15, -0.1) is 0 Å². The summed E-state index contributed by atoms with van der Waals surface area (Å²) in [7, 11) is 0. The van der Waals surface area contributed by atoms with Gasteiger partial charge in [-0.25, -0.2) is 4.79 Å². The highest BCUT2D eigenvalue weighted by Gasteiger charge is 2.21. The molecule has 0 saturated carbocycles. The van der Waals surface area contributed by atoms with Crippen molar-refractivity contribution in [3.8, 4) is 0 Å². The first-order valence-corrected chi connectivity index (χ1v) is 6.61. The summed E-state index contributed by atoms with van der Waals surface area (Å²) in [6, 6.07) is 7.52. The van der Waals surface area contributed by atoms with Crippen LogP contribution in [0.4, 0.5) is 0 Å². The van der Waals surface area contributed by atoms with Crippen LogP contribution in [0.3, 0.4) is 0 Å². The van der Waals surface area contributed by atoms with E-state index in [1.165, 1.54) is 6.08 Å². The Labute approximate surface area is 117 Å². The van der Waals surface area contributed by atoms with Gasteiger partial charge in [0.15, 0.2) is 6.10 Å². The summed E-state index contributed by atoms with van der Waals surface area (Å²) in [5.41, 5.74) is 1.43. The maximum atomic E-state index is 12.3. The second kappa shape index (κ2) is 6.19. The van der Waals surface area contributed by atoms with E-state index in [2.05, 4.69) is 4.98 Å². The standard InChI is InChI=1S/C16H17NO3/c1-3-4-9-15(18)20-11(2)16(19)13-10-17-14-8-6-5-7-12(13)14/h4-11,17H,3H2,1-2H3/b9-4+/t11-/m1/s1. The number of esters is 1. The lowest BCUT2D eigenvalue weighted by molar-refractivity contribution is -0.140. The van der Waals surface area contributed by atoms with Gasteiger partial charge in [0.2, 0.25) is 5.78 Å². The fourth-order valence-electron chi connectivity index (χ4n) is 1.98. The molecule has 1 atom stereocenters. The maximum Gasteiger partial charge on any atom is 0.331 e. The number of benzene rings is 1. The summed E-state index contributed by atoms with van der Waals surface area (Å²) in [6.07, 6.45) is 4.65. The van der Waals surface area contributed by atoms with Crippen LogP contribution in [0.5, 0.6) is 0 Å². The third-order valence-corrected chi connectivity index (χ3v) is 3.01. The Hall–Kier alpha value is -2.36. The summed E-state index contributed by atoms with van der Waals surface area (Å²) in [6.45, 7) is 3.51. The van der Waals surface area contributed by atoms with Crippen LogP contribution in [-0.4, -0.2) is 22.8 Å². The molecule has 0 fully saturated rings. The Morgan fingerprint density at radius 1 is 1.35 bits per heavy atom. The van der Waals surface area contributed by atoms with E-state index in [1.54, 1.807) is 19.2 Å². The van der Waals surface area contributed by atoms with Crippen molar-refractivity contribution in [2.75, 3.05) is 0 Å². The van der Waals surface area contributed by atoms with Crippen LogP contribution in [0.15, 0.2) is 42.6 Å². The number of rotatable bonds is 5. The van der Waals surface area contributed by atoms with Crippen molar-refractivity contribution in [1.82, 2.24) is 4.98 Å². The van der Waals surface area contributed by atoms with Gasteiger partial charge >= 0.3 is 5.97 Å². The number of ketones is 1. The van der Waals surface area contributed by atoms with Crippen LogP contribution < -0.4 is 0 Å². The smallest absolute Gasteiger partial charge is 0.331 e. The molecule has 0 radical (unpaired) electrons. The minimum absolute atomic E-state index is 0.208. The molecule has 20 heavy (non-hydrogen) atoms. The first-order valence-electron chi connectivity index (χ1n) is 6.61. The maximum absolute atomic E-state index is 12.3. The van der Waals surface area contributed by atoms with Crippen molar-refractivity contribution in [2.24, 2.45) is 0 Å². The molecule has 104 valence electrons. The second-order valence-corrected chi connectivity index (χ2v) is 4.50. The van der Waals surface area contributed by atoms with Crippen LogP contribution in [0.25, 0.3) is 10.9 Å². The fourth-order valence-corrected chi connectivity index (χ4v) is 1.98. The molecule has 0 bridgehead atoms. The number of hydrogen-bond acceptors (Lipinski definition) is 3. The van der Waals surface area contributed by atoms with Crippen molar-refractivity contribution < 1.29 is 14.3 Å². The van der Waals surface area contributed by atoms with Gasteiger partial charge in [-0.1, -0.05) is 31.2 Å². The number of fused-ring (bicyclic) bond motifs is 1. The Bertz CT molecular complexity index is 655. The van der Waals surface area contributed by atoms with Crippen molar-refractivity contribution >= 4 is 22.7 Å². The Morgan fingerprint density at radius 3 is 2.85 bits per heavy atom. The zero-order valence-corrected chi connectivity index (χ0v) is 11.6. The van der Waals surface area contributed by atoms with E-state index in [9.17, 15) is 9.59 Å². The van der Waals surface area contributed by atoms with E-state index >= 15 is 0 Å². The van der Waals surface area contributed by atoms with Gasteiger partial charge in [0.25, 0.3) is 0 Å². The van der Waals surface area contributed by atoms with Crippen LogP contribution >= 0.6 is 0 Å². The van der Waals surface area contributed by atoms with Crippen LogP contribution in [0.2, 0.25) is 0 Å². The molecule has 0 aliphatic rings. The highest BCUT2D eigenvalue weighted by molar-refractivity contribution is 6.10. The molecule has 1 N–H and O–H groups in total. The van der Waals surface area contributed by atoms with Crippen LogP contribution in [-0.2, 0) is 9.53 Å². The Morgan fingerprint density at radius 2 is 2.10 bits per heavy atom. The largest absolute Gasteiger partial charge is 0.451 e. The van der Waals surface area contributed by atoms with Crippen LogP contribution in [0.1, 0.15) is 30.6 Å². The van der Waals surface area contributed by atoms with Crippen molar-refractivity contribution in [2.45, 2.75) is 26.4 Å². The molecule has 1 heterocycles. The number of carbonyl (C=O) groups excluding carboxylic acids is 2. The lowest BCUT2D eigenvalue weighted by Crippen LogP contribution is -2.23. The molecule has 2 aromatic rings. The van der Waals surface area contributed by atoms with Gasteiger partial charge in [-0.3, -0.25) is 4.79 Å². The third kappa shape index (κ3) is 2.96. The zero-order chi connectivity index (χ0) is 14.5. The molecule has 0 amide bonds. The molecule has 0 aliphatic carbocycles. The second-order valence-electron chi connectivity index (χ2n) is 4.50. The molecule has 1 aromatic heterocycles. The molecular weight excluding hydrogens is 254 g/mol. The van der Waals surface area contributed by atoms with Crippen molar-refractivity contribution in [3.05, 3.63) is 48.2 Å². The van der Waals surface area contributed by atoms with Gasteiger partial charge in [0.1, 0.15) is 0 Å². The topological polar surface area (TPSA) is 59.2 Å². The van der Waals surface area contributed by atoms with E-state index in [1.807, 2.05) is 31.2 Å². The highest BCUT2D eigenvalue weighted by atomic mass is 16.5. The summed E-state index contributed by atoms with van der Waals surface area (Å²) in [5, 5.41) is 0.837. The Balaban J connectivity index is 2.14. The zero-order valence-electron chi connectivity index (χ0n) is 11.6. The van der Waals surface area contributed by atoms with Gasteiger partial charge in [-0.05, 0) is 19.4 Å². The predicted octanol–water partition coefficient (Wildman–Crippen LogP) is 3.25. The van der Waals surface area contributed by atoms with Gasteiger partial charge in [0, 0.05) is 28.7 Å². The molecule has 0 spiro atoms. The Kier molecular flexibility index (Phi) is 4.35. The summed E-state index contributed by atoms with van der Waals surface area (Å²) >= 11 is 0. The lowest BCUT2D eigenvalue weighted by Gasteiger charge is -2.10. The van der Waals surface area contributed by atoms with Crippen LogP contribution in [0, 0.1) is 0 Å². The number of Topliss-reactive ketones (excluding diaryl/α,β-unsaturated/α-hetero) is 1. The SMILES string of the molecule is CC/C=C/C(=O)O[C@H](C)C(=O)c1c[nH]c2ccccc12. The third-order valence-electron chi connectivity index (χ3n) is 3.01. The highest BCUT2D eigenvalue weighted by Crippen LogP contribution is 2.19. The minimum Gasteiger partial charge on any atom is -0.451 e. The lowest BCUT2D eigenvalue weighted by atomic mass is 10.1. The quantitative estimate of drug-likeness (QED) is 0.516. The molecule has 0 unspecified atom stereocenters. The number of allylic oxidation sites excluding steroid dienone is 1. The number of carbonyl (C=O) groups is 2.